The van der Waals surface area contributed by atoms with Crippen LogP contribution in [-0.4, -0.2) is 35.9 Å². The van der Waals surface area contributed by atoms with Gasteiger partial charge >= 0.3 is 0 Å². The third kappa shape index (κ3) is 8.20. The molecule has 3 N–H and O–H groups in total. The van der Waals surface area contributed by atoms with Crippen LogP contribution < -0.4 is 5.43 Å². The van der Waals surface area contributed by atoms with Crippen LogP contribution in [0.1, 0.15) is 5.56 Å². The summed E-state index contributed by atoms with van der Waals surface area (Å²) in [6, 6.07) is 19.1. The number of hydrazone groups is 1. The predicted octanol–water partition coefficient (Wildman–Crippen LogP) is 5.21. The Labute approximate surface area is 200 Å². The topological polar surface area (TPSA) is 107 Å². The number of hydrogen-bond donors (Lipinski definition) is 1. The molecule has 4 heterocycles. The standard InChI is InChI=1S/C21H16N6.CHCl3.H2O/c1-3-9-23-18(5-1)20-13-17(27-25-15-16-7-11-22-12-8-16)14-21(26-20)19-6-2-4-10-24-19;2-1(3)4;/h1-15H,(H,26,27);1H;1H2/b25-15+;;. The first kappa shape index (κ1) is 25.2. The lowest BCUT2D eigenvalue weighted by Gasteiger charge is -2.08. The molecule has 32 heavy (non-hydrogen) atoms. The van der Waals surface area contributed by atoms with Gasteiger partial charge in [0.25, 0.3) is 0 Å². The van der Waals surface area contributed by atoms with Gasteiger partial charge in [-0.05, 0) is 54.1 Å². The van der Waals surface area contributed by atoms with Crippen molar-refractivity contribution in [1.82, 2.24) is 19.9 Å². The average Bonchev–Trinajstić information content (AvgIpc) is 2.80. The number of aromatic nitrogens is 4. The van der Waals surface area contributed by atoms with Crippen LogP contribution in [0.15, 0.2) is 90.6 Å². The predicted molar refractivity (Wildman–Crippen MR) is 131 cm³/mol. The number of nitrogens with one attached hydrogen (secondary N) is 1. The molecule has 4 aromatic heterocycles. The fraction of sp³-hybridized carbons (Fsp3) is 0.0455. The summed E-state index contributed by atoms with van der Waals surface area (Å²) in [6.45, 7) is 0. The first-order chi connectivity index (χ1) is 15.1. The molecule has 0 unspecified atom stereocenters. The molecule has 0 spiro atoms. The number of alkyl halides is 3. The molecule has 0 aliphatic heterocycles. The van der Waals surface area contributed by atoms with E-state index in [1.165, 1.54) is 0 Å². The van der Waals surface area contributed by atoms with E-state index >= 15 is 0 Å². The van der Waals surface area contributed by atoms with Gasteiger partial charge in [-0.1, -0.05) is 46.9 Å². The van der Waals surface area contributed by atoms with Gasteiger partial charge in [0.2, 0.25) is 0 Å². The smallest absolute Gasteiger partial charge is 0.180 e. The van der Waals surface area contributed by atoms with Crippen molar-refractivity contribution in [1.29, 1.82) is 0 Å². The van der Waals surface area contributed by atoms with Crippen LogP contribution in [0.5, 0.6) is 0 Å². The molecule has 0 bridgehead atoms. The zero-order chi connectivity index (χ0) is 21.9. The molecular weight excluding hydrogens is 471 g/mol. The van der Waals surface area contributed by atoms with Crippen molar-refractivity contribution in [3.63, 3.8) is 0 Å². The largest absolute Gasteiger partial charge is 0.412 e. The highest BCUT2D eigenvalue weighted by Gasteiger charge is 2.08. The Morgan fingerprint density at radius 1 is 0.750 bits per heavy atom. The Morgan fingerprint density at radius 3 is 1.75 bits per heavy atom. The summed E-state index contributed by atoms with van der Waals surface area (Å²) >= 11 is 14.4. The van der Waals surface area contributed by atoms with Crippen molar-refractivity contribution in [3.8, 4) is 22.8 Å². The van der Waals surface area contributed by atoms with E-state index in [1.807, 2.05) is 60.7 Å². The van der Waals surface area contributed by atoms with Crippen molar-refractivity contribution >= 4 is 46.7 Å². The molecule has 0 fully saturated rings. The maximum Gasteiger partial charge on any atom is 0.180 e. The molecule has 0 saturated carbocycles. The van der Waals surface area contributed by atoms with Crippen LogP contribution in [-0.2, 0) is 0 Å². The van der Waals surface area contributed by atoms with Gasteiger partial charge in [-0.15, -0.1) is 0 Å². The van der Waals surface area contributed by atoms with E-state index in [1.54, 1.807) is 31.0 Å². The van der Waals surface area contributed by atoms with Crippen LogP contribution in [0, 0.1) is 0 Å². The van der Waals surface area contributed by atoms with Gasteiger partial charge in [0.1, 0.15) is 0 Å². The molecule has 164 valence electrons. The van der Waals surface area contributed by atoms with Gasteiger partial charge in [0, 0.05) is 24.8 Å². The van der Waals surface area contributed by atoms with Crippen LogP contribution in [0.25, 0.3) is 22.8 Å². The van der Waals surface area contributed by atoms with E-state index in [2.05, 4.69) is 25.5 Å². The minimum absolute atomic E-state index is 0. The molecule has 0 saturated heterocycles. The lowest BCUT2D eigenvalue weighted by molar-refractivity contribution is 0.824. The maximum atomic E-state index is 4.81. The summed E-state index contributed by atoms with van der Waals surface area (Å²) in [4.78, 5) is 17.5. The van der Waals surface area contributed by atoms with Crippen LogP contribution in [0.3, 0.4) is 0 Å². The zero-order valence-electron chi connectivity index (χ0n) is 16.6. The molecule has 10 heteroatoms. The Balaban J connectivity index is 0.000000672. The molecule has 4 rings (SSSR count). The second-order valence-corrected chi connectivity index (χ2v) is 7.93. The van der Waals surface area contributed by atoms with Gasteiger partial charge in [0.15, 0.2) is 4.30 Å². The van der Waals surface area contributed by atoms with Crippen LogP contribution in [0.2, 0.25) is 0 Å². The Bertz CT molecular complexity index is 1040. The molecule has 0 aromatic carbocycles. The van der Waals surface area contributed by atoms with Crippen molar-refractivity contribution in [2.75, 3.05) is 5.43 Å². The van der Waals surface area contributed by atoms with E-state index in [9.17, 15) is 0 Å². The molecule has 0 aliphatic rings. The second kappa shape index (κ2) is 13.3. The third-order valence-corrected chi connectivity index (χ3v) is 3.79. The fourth-order valence-electron chi connectivity index (χ4n) is 2.52. The summed E-state index contributed by atoms with van der Waals surface area (Å²) in [5.41, 5.74) is 7.91. The minimum atomic E-state index is -0.750. The molecule has 0 radical (unpaired) electrons. The van der Waals surface area contributed by atoms with Gasteiger partial charge < -0.3 is 5.48 Å². The van der Waals surface area contributed by atoms with Crippen molar-refractivity contribution in [3.05, 3.63) is 91.0 Å². The number of rotatable bonds is 5. The first-order valence-corrected chi connectivity index (χ1v) is 10.4. The molecule has 0 aliphatic carbocycles. The SMILES string of the molecule is C(=N\Nc1cc(-c2ccccn2)nc(-c2ccccn2)c1)/c1ccncc1.ClC(Cl)Cl.O. The van der Waals surface area contributed by atoms with Gasteiger partial charge in [-0.3, -0.25) is 20.4 Å². The monoisotopic (exact) mass is 488 g/mol. The van der Waals surface area contributed by atoms with Gasteiger partial charge in [-0.25, -0.2) is 4.98 Å². The number of nitrogens with zero attached hydrogens (tertiary/aromatic N) is 5. The number of halogens is 3. The van der Waals surface area contributed by atoms with E-state index in [-0.39, 0.29) is 5.48 Å². The molecule has 0 atom stereocenters. The van der Waals surface area contributed by atoms with Crippen molar-refractivity contribution < 1.29 is 5.48 Å². The highest BCUT2D eigenvalue weighted by molar-refractivity contribution is 6.63. The van der Waals surface area contributed by atoms with Gasteiger partial charge in [-0.2, -0.15) is 5.10 Å². The van der Waals surface area contributed by atoms with Crippen LogP contribution in [0.4, 0.5) is 5.69 Å². The average molecular weight is 490 g/mol. The highest BCUT2D eigenvalue weighted by Crippen LogP contribution is 2.25. The van der Waals surface area contributed by atoms with E-state index < -0.39 is 4.30 Å². The normalized spacial score (nSPS) is 10.2. The van der Waals surface area contributed by atoms with Gasteiger partial charge in [0.05, 0.1) is 34.7 Å². The summed E-state index contributed by atoms with van der Waals surface area (Å²) < 4.78 is -0.750. The van der Waals surface area contributed by atoms with Crippen molar-refractivity contribution in [2.24, 2.45) is 5.10 Å². The summed E-state index contributed by atoms with van der Waals surface area (Å²) in [5.74, 6) is 0. The van der Waals surface area contributed by atoms with E-state index in [0.29, 0.717) is 0 Å². The number of anilines is 1. The fourth-order valence-corrected chi connectivity index (χ4v) is 2.52. The summed E-state index contributed by atoms with van der Waals surface area (Å²) in [5, 5.41) is 4.31. The number of pyridine rings is 4. The second-order valence-electron chi connectivity index (χ2n) is 5.95. The highest BCUT2D eigenvalue weighted by atomic mass is 35.6. The molecule has 4 aromatic rings. The number of hydrogen-bond acceptors (Lipinski definition) is 6. The molecule has 0 amide bonds. The Hall–Kier alpha value is -3.10. The quantitative estimate of drug-likeness (QED) is 0.235. The zero-order valence-corrected chi connectivity index (χ0v) is 18.9. The Morgan fingerprint density at radius 2 is 1.28 bits per heavy atom. The first-order valence-electron chi connectivity index (χ1n) is 9.08. The molecule has 7 nitrogen and oxygen atoms in total. The molecular formula is C22H19Cl3N6O. The Kier molecular flexibility index (Phi) is 10.5. The van der Waals surface area contributed by atoms with Crippen LogP contribution >= 0.6 is 34.8 Å². The van der Waals surface area contributed by atoms with E-state index in [4.69, 9.17) is 39.8 Å². The third-order valence-electron chi connectivity index (χ3n) is 3.79. The minimum Gasteiger partial charge on any atom is -0.412 e. The summed E-state index contributed by atoms with van der Waals surface area (Å²) in [6.07, 6.45) is 8.69. The van der Waals surface area contributed by atoms with Crippen molar-refractivity contribution in [2.45, 2.75) is 4.30 Å². The summed E-state index contributed by atoms with van der Waals surface area (Å²) in [7, 11) is 0. The lowest BCUT2D eigenvalue weighted by atomic mass is 10.1. The van der Waals surface area contributed by atoms with E-state index in [0.717, 1.165) is 34.0 Å². The lowest BCUT2D eigenvalue weighted by Crippen LogP contribution is -1.97. The maximum absolute atomic E-state index is 4.81.